The summed E-state index contributed by atoms with van der Waals surface area (Å²) in [6.07, 6.45) is 0.0383. The van der Waals surface area contributed by atoms with Crippen molar-refractivity contribution < 1.29 is 19.7 Å². The molecule has 0 saturated heterocycles. The van der Waals surface area contributed by atoms with E-state index in [4.69, 9.17) is 4.74 Å². The summed E-state index contributed by atoms with van der Waals surface area (Å²) in [5.41, 5.74) is 1.23. The number of aliphatic hydroxyl groups excluding tert-OH is 1. The highest BCUT2D eigenvalue weighted by atomic mass is 16.5. The first-order valence-corrected chi connectivity index (χ1v) is 5.39. The fraction of sp³-hybridized carbons (Fsp3) is 0.308. The molecule has 0 bridgehead atoms. The zero-order chi connectivity index (χ0) is 12.6. The summed E-state index contributed by atoms with van der Waals surface area (Å²) >= 11 is 0. The first-order valence-electron chi connectivity index (χ1n) is 5.39. The molecule has 2 atom stereocenters. The number of ether oxygens (including phenoxy) is 1. The molecule has 4 nitrogen and oxygen atoms in total. The topological polar surface area (TPSA) is 66.8 Å². The van der Waals surface area contributed by atoms with E-state index in [1.165, 1.54) is 12.1 Å². The van der Waals surface area contributed by atoms with E-state index in [2.05, 4.69) is 0 Å². The van der Waals surface area contributed by atoms with E-state index in [1.54, 1.807) is 19.9 Å². The van der Waals surface area contributed by atoms with Crippen molar-refractivity contribution in [3.05, 3.63) is 35.1 Å². The van der Waals surface area contributed by atoms with E-state index in [9.17, 15) is 15.0 Å². The molecule has 1 unspecified atom stereocenters. The van der Waals surface area contributed by atoms with Gasteiger partial charge in [0.25, 0.3) is 0 Å². The van der Waals surface area contributed by atoms with Gasteiger partial charge in [0.1, 0.15) is 23.5 Å². The van der Waals surface area contributed by atoms with Crippen molar-refractivity contribution in [3.8, 4) is 11.5 Å². The van der Waals surface area contributed by atoms with Crippen LogP contribution in [-0.4, -0.2) is 22.6 Å². The lowest BCUT2D eigenvalue weighted by Gasteiger charge is -2.28. The molecule has 0 fully saturated rings. The molecule has 0 radical (unpaired) electrons. The molecule has 0 spiro atoms. The minimum Gasteiger partial charge on any atom is -0.508 e. The minimum atomic E-state index is -0.743. The lowest BCUT2D eigenvalue weighted by atomic mass is 9.86. The first-order chi connectivity index (χ1) is 8.04. The normalized spacial score (nSPS) is 20.5. The van der Waals surface area contributed by atoms with Gasteiger partial charge in [-0.2, -0.15) is 0 Å². The molecule has 90 valence electrons. The number of aliphatic hydroxyl groups is 1. The van der Waals surface area contributed by atoms with E-state index >= 15 is 0 Å². The number of fused-ring (bicyclic) bond motifs is 1. The molecule has 1 aliphatic rings. The van der Waals surface area contributed by atoms with Crippen molar-refractivity contribution >= 4 is 6.29 Å². The average Bonchev–Trinajstić information content (AvgIpc) is 2.26. The molecule has 2 rings (SSSR count). The molecule has 1 heterocycles. The van der Waals surface area contributed by atoms with Crippen molar-refractivity contribution in [2.45, 2.75) is 25.9 Å². The van der Waals surface area contributed by atoms with Gasteiger partial charge in [0.05, 0.1) is 12.0 Å². The maximum Gasteiger partial charge on any atom is 0.134 e. The van der Waals surface area contributed by atoms with Crippen LogP contribution in [0.15, 0.2) is 29.5 Å². The third kappa shape index (κ3) is 1.91. The Labute approximate surface area is 99.2 Å². The summed E-state index contributed by atoms with van der Waals surface area (Å²) in [5.74, 6) is 0.542. The Kier molecular flexibility index (Phi) is 2.90. The Balaban J connectivity index is 2.56. The summed E-state index contributed by atoms with van der Waals surface area (Å²) in [5, 5.41) is 19.1. The number of hydrogen-bond acceptors (Lipinski definition) is 4. The average molecular weight is 234 g/mol. The molecule has 1 aliphatic heterocycles. The number of carbonyl (C=O) groups is 1. The number of benzene rings is 1. The number of phenolic OH excluding ortho intramolecular Hbond substituents is 1. The highest BCUT2D eigenvalue weighted by Crippen LogP contribution is 2.40. The third-order valence-corrected chi connectivity index (χ3v) is 2.92. The highest BCUT2D eigenvalue weighted by molar-refractivity contribution is 5.72. The quantitative estimate of drug-likeness (QED) is 0.765. The monoisotopic (exact) mass is 234 g/mol. The Hall–Kier alpha value is -1.81. The van der Waals surface area contributed by atoms with E-state index in [-0.39, 0.29) is 5.75 Å². The van der Waals surface area contributed by atoms with Crippen LogP contribution in [-0.2, 0) is 4.79 Å². The van der Waals surface area contributed by atoms with Gasteiger partial charge in [-0.15, -0.1) is 0 Å². The number of phenols is 1. The van der Waals surface area contributed by atoms with Crippen LogP contribution in [0.3, 0.4) is 0 Å². The van der Waals surface area contributed by atoms with E-state index in [0.29, 0.717) is 22.6 Å². The lowest BCUT2D eigenvalue weighted by molar-refractivity contribution is -0.108. The highest BCUT2D eigenvalue weighted by Gasteiger charge is 2.30. The molecule has 4 heteroatoms. The molecule has 17 heavy (non-hydrogen) atoms. The summed E-state index contributed by atoms with van der Waals surface area (Å²) in [7, 11) is 0. The Morgan fingerprint density at radius 2 is 2.18 bits per heavy atom. The van der Waals surface area contributed by atoms with E-state index in [1.807, 2.05) is 0 Å². The van der Waals surface area contributed by atoms with Crippen LogP contribution in [0.2, 0.25) is 0 Å². The molecule has 0 aromatic heterocycles. The Morgan fingerprint density at radius 1 is 1.47 bits per heavy atom. The van der Waals surface area contributed by atoms with Crippen molar-refractivity contribution in [1.82, 2.24) is 0 Å². The van der Waals surface area contributed by atoms with Gasteiger partial charge >= 0.3 is 0 Å². The zero-order valence-corrected chi connectivity index (χ0v) is 9.68. The van der Waals surface area contributed by atoms with Gasteiger partial charge in [0, 0.05) is 17.2 Å². The molecule has 0 amide bonds. The van der Waals surface area contributed by atoms with Gasteiger partial charge in [0.2, 0.25) is 0 Å². The fourth-order valence-corrected chi connectivity index (χ4v) is 2.18. The van der Waals surface area contributed by atoms with Crippen LogP contribution in [0.5, 0.6) is 11.5 Å². The predicted molar refractivity (Wildman–Crippen MR) is 61.9 cm³/mol. The van der Waals surface area contributed by atoms with Gasteiger partial charge in [-0.25, -0.2) is 0 Å². The van der Waals surface area contributed by atoms with Gasteiger partial charge in [-0.1, -0.05) is 6.07 Å². The number of carbonyl (C=O) groups excluding carboxylic acids is 1. The second-order valence-electron chi connectivity index (χ2n) is 4.13. The molecule has 2 N–H and O–H groups in total. The summed E-state index contributed by atoms with van der Waals surface area (Å²) in [6.45, 7) is 3.30. The summed E-state index contributed by atoms with van der Waals surface area (Å²) < 4.78 is 5.52. The van der Waals surface area contributed by atoms with Gasteiger partial charge in [-0.05, 0) is 19.9 Å². The smallest absolute Gasteiger partial charge is 0.134 e. The van der Waals surface area contributed by atoms with E-state index in [0.717, 1.165) is 6.29 Å². The SMILES string of the molecule is CC1=C([C@@H](C)O)C(C=O)c2ccc(O)cc2O1. The fourth-order valence-electron chi connectivity index (χ4n) is 2.18. The standard InChI is InChI=1S/C13H14O4/c1-7(15)13-8(2)17-12-5-9(16)3-4-10(12)11(13)6-14/h3-7,11,15-16H,1-2H3/t7-,11?/m1/s1. The Morgan fingerprint density at radius 3 is 2.76 bits per heavy atom. The Bertz CT molecular complexity index is 488. The van der Waals surface area contributed by atoms with Gasteiger partial charge < -0.3 is 19.7 Å². The number of allylic oxidation sites excluding steroid dienone is 1. The van der Waals surface area contributed by atoms with Crippen LogP contribution in [0, 0.1) is 0 Å². The second-order valence-corrected chi connectivity index (χ2v) is 4.13. The van der Waals surface area contributed by atoms with Crippen LogP contribution in [0.25, 0.3) is 0 Å². The van der Waals surface area contributed by atoms with Crippen LogP contribution in [0.1, 0.15) is 25.3 Å². The number of hydrogen-bond donors (Lipinski definition) is 2. The van der Waals surface area contributed by atoms with Crippen molar-refractivity contribution in [2.24, 2.45) is 0 Å². The van der Waals surface area contributed by atoms with Crippen LogP contribution < -0.4 is 4.74 Å². The first kappa shape index (κ1) is 11.7. The predicted octanol–water partition coefficient (Wildman–Crippen LogP) is 1.72. The van der Waals surface area contributed by atoms with Gasteiger partial charge in [-0.3, -0.25) is 0 Å². The molecular weight excluding hydrogens is 220 g/mol. The maximum absolute atomic E-state index is 11.2. The van der Waals surface area contributed by atoms with Crippen molar-refractivity contribution in [3.63, 3.8) is 0 Å². The van der Waals surface area contributed by atoms with Gasteiger partial charge in [0.15, 0.2) is 0 Å². The molecule has 0 aliphatic carbocycles. The second kappa shape index (κ2) is 4.22. The number of rotatable bonds is 2. The van der Waals surface area contributed by atoms with E-state index < -0.39 is 12.0 Å². The summed E-state index contributed by atoms with van der Waals surface area (Å²) in [6, 6.07) is 4.60. The molecule has 1 aromatic carbocycles. The largest absolute Gasteiger partial charge is 0.508 e. The lowest BCUT2D eigenvalue weighted by Crippen LogP contribution is -2.22. The molecular formula is C13H14O4. The van der Waals surface area contributed by atoms with Crippen LogP contribution >= 0.6 is 0 Å². The minimum absolute atomic E-state index is 0.0849. The summed E-state index contributed by atoms with van der Waals surface area (Å²) in [4.78, 5) is 11.2. The maximum atomic E-state index is 11.2. The molecule has 0 saturated carbocycles. The zero-order valence-electron chi connectivity index (χ0n) is 9.68. The number of aromatic hydroxyl groups is 1. The molecule has 1 aromatic rings. The number of aldehydes is 1. The van der Waals surface area contributed by atoms with Crippen molar-refractivity contribution in [2.75, 3.05) is 0 Å². The van der Waals surface area contributed by atoms with Crippen molar-refractivity contribution in [1.29, 1.82) is 0 Å². The third-order valence-electron chi connectivity index (χ3n) is 2.92. The van der Waals surface area contributed by atoms with Crippen LogP contribution in [0.4, 0.5) is 0 Å².